The molecule has 5 heteroatoms. The first-order valence-corrected chi connectivity index (χ1v) is 11.1. The lowest BCUT2D eigenvalue weighted by Crippen LogP contribution is -2.38. The standard InChI is InChI=1S/C24H33N3O2/c28-24(25-12-4-13-26-15-17-29-18-16-26)11-14-27(22-9-10-22)19-21-7-3-6-20-5-1-2-8-23(20)21/h1-3,5-8,22H,4,9-19H2,(H,25,28). The van der Waals surface area contributed by atoms with Gasteiger partial charge in [0.25, 0.3) is 0 Å². The summed E-state index contributed by atoms with van der Waals surface area (Å²) in [4.78, 5) is 17.2. The number of morpholine rings is 1. The fourth-order valence-electron chi connectivity index (χ4n) is 4.17. The molecule has 0 atom stereocenters. The van der Waals surface area contributed by atoms with Gasteiger partial charge >= 0.3 is 0 Å². The van der Waals surface area contributed by atoms with E-state index in [-0.39, 0.29) is 5.91 Å². The third-order valence-corrected chi connectivity index (χ3v) is 6.02. The second-order valence-corrected chi connectivity index (χ2v) is 8.25. The zero-order valence-corrected chi connectivity index (χ0v) is 17.3. The first kappa shape index (κ1) is 20.3. The van der Waals surface area contributed by atoms with Crippen LogP contribution in [0.25, 0.3) is 10.8 Å². The molecule has 1 aliphatic heterocycles. The summed E-state index contributed by atoms with van der Waals surface area (Å²) in [6, 6.07) is 15.8. The predicted octanol–water partition coefficient (Wildman–Crippen LogP) is 3.03. The largest absolute Gasteiger partial charge is 0.379 e. The van der Waals surface area contributed by atoms with Crippen molar-refractivity contribution in [1.82, 2.24) is 15.1 Å². The van der Waals surface area contributed by atoms with Crippen LogP contribution in [0.1, 0.15) is 31.2 Å². The summed E-state index contributed by atoms with van der Waals surface area (Å²) in [5.41, 5.74) is 1.36. The summed E-state index contributed by atoms with van der Waals surface area (Å²) in [6.45, 7) is 7.26. The molecular weight excluding hydrogens is 362 g/mol. The highest BCUT2D eigenvalue weighted by atomic mass is 16.5. The van der Waals surface area contributed by atoms with Gasteiger partial charge in [-0.05, 0) is 42.1 Å². The number of ether oxygens (including phenoxy) is 1. The van der Waals surface area contributed by atoms with E-state index in [1.54, 1.807) is 0 Å². The van der Waals surface area contributed by atoms with Crippen molar-refractivity contribution >= 4 is 16.7 Å². The average Bonchev–Trinajstić information content (AvgIpc) is 3.60. The third kappa shape index (κ3) is 6.01. The van der Waals surface area contributed by atoms with Gasteiger partial charge in [-0.2, -0.15) is 0 Å². The van der Waals surface area contributed by atoms with Gasteiger partial charge in [0.1, 0.15) is 0 Å². The first-order valence-electron chi connectivity index (χ1n) is 11.1. The lowest BCUT2D eigenvalue weighted by molar-refractivity contribution is -0.121. The van der Waals surface area contributed by atoms with Gasteiger partial charge in [0.15, 0.2) is 0 Å². The molecule has 0 aromatic heterocycles. The zero-order chi connectivity index (χ0) is 19.9. The lowest BCUT2D eigenvalue weighted by atomic mass is 10.0. The molecule has 0 radical (unpaired) electrons. The highest BCUT2D eigenvalue weighted by Crippen LogP contribution is 2.30. The number of carbonyl (C=O) groups excluding carboxylic acids is 1. The Kier molecular flexibility index (Phi) is 7.14. The molecule has 4 rings (SSSR count). The van der Waals surface area contributed by atoms with E-state index in [0.717, 1.165) is 58.9 Å². The molecule has 1 amide bonds. The van der Waals surface area contributed by atoms with E-state index < -0.39 is 0 Å². The maximum atomic E-state index is 12.3. The molecule has 1 N–H and O–H groups in total. The topological polar surface area (TPSA) is 44.8 Å². The highest BCUT2D eigenvalue weighted by Gasteiger charge is 2.29. The molecule has 2 fully saturated rings. The zero-order valence-electron chi connectivity index (χ0n) is 17.3. The summed E-state index contributed by atoms with van der Waals surface area (Å²) in [5.74, 6) is 0.176. The molecule has 1 saturated carbocycles. The number of nitrogens with one attached hydrogen (secondary N) is 1. The van der Waals surface area contributed by atoms with Gasteiger partial charge < -0.3 is 10.1 Å². The van der Waals surface area contributed by atoms with Crippen molar-refractivity contribution in [2.45, 2.75) is 38.3 Å². The van der Waals surface area contributed by atoms with E-state index >= 15 is 0 Å². The van der Waals surface area contributed by atoms with Crippen LogP contribution in [0.4, 0.5) is 0 Å². The summed E-state index contributed by atoms with van der Waals surface area (Å²) in [6.07, 6.45) is 4.10. The first-order chi connectivity index (χ1) is 14.3. The van der Waals surface area contributed by atoms with E-state index in [1.165, 1.54) is 29.2 Å². The van der Waals surface area contributed by atoms with Gasteiger partial charge in [-0.15, -0.1) is 0 Å². The summed E-state index contributed by atoms with van der Waals surface area (Å²) < 4.78 is 5.37. The molecule has 2 aliphatic rings. The molecular formula is C24H33N3O2. The Balaban J connectivity index is 1.22. The minimum Gasteiger partial charge on any atom is -0.379 e. The van der Waals surface area contributed by atoms with Crippen LogP contribution in [0.5, 0.6) is 0 Å². The van der Waals surface area contributed by atoms with Crippen molar-refractivity contribution in [2.24, 2.45) is 0 Å². The van der Waals surface area contributed by atoms with Gasteiger partial charge in [0.05, 0.1) is 13.2 Å². The summed E-state index contributed by atoms with van der Waals surface area (Å²) in [5, 5.41) is 5.72. The molecule has 1 heterocycles. The minimum atomic E-state index is 0.176. The average molecular weight is 396 g/mol. The molecule has 29 heavy (non-hydrogen) atoms. The molecule has 1 aliphatic carbocycles. The minimum absolute atomic E-state index is 0.176. The number of hydrogen-bond acceptors (Lipinski definition) is 4. The molecule has 5 nitrogen and oxygen atoms in total. The van der Waals surface area contributed by atoms with Crippen LogP contribution in [-0.2, 0) is 16.1 Å². The van der Waals surface area contributed by atoms with Gasteiger partial charge in [0.2, 0.25) is 5.91 Å². The van der Waals surface area contributed by atoms with Crippen molar-refractivity contribution in [1.29, 1.82) is 0 Å². The normalized spacial score (nSPS) is 17.7. The van der Waals surface area contributed by atoms with Gasteiger partial charge in [-0.3, -0.25) is 14.6 Å². The highest BCUT2D eigenvalue weighted by molar-refractivity contribution is 5.85. The number of fused-ring (bicyclic) bond motifs is 1. The number of hydrogen-bond donors (Lipinski definition) is 1. The Bertz CT molecular complexity index is 794. The summed E-state index contributed by atoms with van der Waals surface area (Å²) >= 11 is 0. The van der Waals surface area contributed by atoms with Gasteiger partial charge in [-0.25, -0.2) is 0 Å². The molecule has 1 saturated heterocycles. The lowest BCUT2D eigenvalue weighted by Gasteiger charge is -2.26. The molecule has 0 bridgehead atoms. The maximum Gasteiger partial charge on any atom is 0.221 e. The SMILES string of the molecule is O=C(CCN(Cc1cccc2ccccc12)C1CC1)NCCCN1CCOCC1. The molecule has 2 aromatic carbocycles. The van der Waals surface area contributed by atoms with Crippen molar-refractivity contribution < 1.29 is 9.53 Å². The van der Waals surface area contributed by atoms with E-state index in [4.69, 9.17) is 4.74 Å². The van der Waals surface area contributed by atoms with Crippen LogP contribution in [0.15, 0.2) is 42.5 Å². The van der Waals surface area contributed by atoms with Crippen LogP contribution in [-0.4, -0.2) is 67.7 Å². The van der Waals surface area contributed by atoms with Crippen molar-refractivity contribution in [3.8, 4) is 0 Å². The van der Waals surface area contributed by atoms with Crippen LogP contribution in [0.3, 0.4) is 0 Å². The van der Waals surface area contributed by atoms with E-state index in [9.17, 15) is 4.79 Å². The molecule has 2 aromatic rings. The summed E-state index contributed by atoms with van der Waals surface area (Å²) in [7, 11) is 0. The Morgan fingerprint density at radius 1 is 1.10 bits per heavy atom. The van der Waals surface area contributed by atoms with E-state index in [2.05, 4.69) is 57.6 Å². The smallest absolute Gasteiger partial charge is 0.221 e. The van der Waals surface area contributed by atoms with Crippen molar-refractivity contribution in [2.75, 3.05) is 45.9 Å². The van der Waals surface area contributed by atoms with Gasteiger partial charge in [0, 0.05) is 45.2 Å². The number of rotatable bonds is 10. The fourth-order valence-corrected chi connectivity index (χ4v) is 4.17. The Hall–Kier alpha value is -1.95. The number of benzene rings is 2. The van der Waals surface area contributed by atoms with Gasteiger partial charge in [-0.1, -0.05) is 42.5 Å². The van der Waals surface area contributed by atoms with Crippen LogP contribution in [0, 0.1) is 0 Å². The Morgan fingerprint density at radius 3 is 2.72 bits per heavy atom. The quantitative estimate of drug-likeness (QED) is 0.628. The molecule has 0 unspecified atom stereocenters. The van der Waals surface area contributed by atoms with Crippen molar-refractivity contribution in [3.05, 3.63) is 48.0 Å². The number of nitrogens with zero attached hydrogens (tertiary/aromatic N) is 2. The van der Waals surface area contributed by atoms with E-state index in [0.29, 0.717) is 12.5 Å². The van der Waals surface area contributed by atoms with Crippen LogP contribution >= 0.6 is 0 Å². The fraction of sp³-hybridized carbons (Fsp3) is 0.542. The maximum absolute atomic E-state index is 12.3. The van der Waals surface area contributed by atoms with Crippen LogP contribution < -0.4 is 5.32 Å². The monoisotopic (exact) mass is 395 g/mol. The number of carbonyl (C=O) groups is 1. The molecule has 156 valence electrons. The third-order valence-electron chi connectivity index (χ3n) is 6.02. The second-order valence-electron chi connectivity index (χ2n) is 8.25. The van der Waals surface area contributed by atoms with Crippen molar-refractivity contribution in [3.63, 3.8) is 0 Å². The predicted molar refractivity (Wildman–Crippen MR) is 117 cm³/mol. The Labute approximate surface area is 174 Å². The molecule has 0 spiro atoms. The number of amides is 1. The van der Waals surface area contributed by atoms with E-state index in [1.807, 2.05) is 0 Å². The second kappa shape index (κ2) is 10.2. The van der Waals surface area contributed by atoms with Crippen LogP contribution in [0.2, 0.25) is 0 Å². The Morgan fingerprint density at radius 2 is 1.90 bits per heavy atom.